The third-order valence-corrected chi connectivity index (χ3v) is 3.38. The van der Waals surface area contributed by atoms with Crippen LogP contribution in [0.4, 0.5) is 0 Å². The summed E-state index contributed by atoms with van der Waals surface area (Å²) in [6.07, 6.45) is 12.1. The zero-order chi connectivity index (χ0) is 11.4. The standard InChI is InChI=1S/C14H21NO/c1-2-3-6-9-15-10-12-7-4-5-8-14(16)13(12)11-15/h10-11H,2-9H2,1H3. The van der Waals surface area contributed by atoms with Crippen molar-refractivity contribution < 1.29 is 4.79 Å². The van der Waals surface area contributed by atoms with Crippen molar-refractivity contribution >= 4 is 5.78 Å². The number of hydrogen-bond donors (Lipinski definition) is 0. The maximum Gasteiger partial charge on any atom is 0.164 e. The molecule has 0 N–H and O–H groups in total. The van der Waals surface area contributed by atoms with E-state index < -0.39 is 0 Å². The Morgan fingerprint density at radius 1 is 1.19 bits per heavy atom. The van der Waals surface area contributed by atoms with E-state index in [-0.39, 0.29) is 0 Å². The summed E-state index contributed by atoms with van der Waals surface area (Å²) in [5.74, 6) is 0.349. The molecule has 0 bridgehead atoms. The molecule has 1 aromatic rings. The van der Waals surface area contributed by atoms with Crippen LogP contribution < -0.4 is 0 Å². The Morgan fingerprint density at radius 2 is 2.00 bits per heavy atom. The predicted octanol–water partition coefficient (Wildman–Crippen LogP) is 3.59. The zero-order valence-corrected chi connectivity index (χ0v) is 10.2. The first kappa shape index (κ1) is 11.4. The van der Waals surface area contributed by atoms with E-state index in [0.29, 0.717) is 5.78 Å². The molecule has 0 unspecified atom stereocenters. The molecule has 1 heterocycles. The van der Waals surface area contributed by atoms with Gasteiger partial charge >= 0.3 is 0 Å². The third kappa shape index (κ3) is 2.55. The van der Waals surface area contributed by atoms with Crippen LogP contribution in [0, 0.1) is 0 Å². The number of rotatable bonds is 4. The van der Waals surface area contributed by atoms with E-state index in [4.69, 9.17) is 0 Å². The molecule has 2 heteroatoms. The second-order valence-electron chi connectivity index (χ2n) is 4.77. The molecule has 0 spiro atoms. The van der Waals surface area contributed by atoms with Gasteiger partial charge in [0.2, 0.25) is 0 Å². The molecule has 2 nitrogen and oxygen atoms in total. The van der Waals surface area contributed by atoms with Crippen LogP contribution in [0.1, 0.15) is 61.4 Å². The zero-order valence-electron chi connectivity index (χ0n) is 10.2. The fourth-order valence-corrected chi connectivity index (χ4v) is 2.42. The maximum absolute atomic E-state index is 11.8. The van der Waals surface area contributed by atoms with Gasteiger partial charge in [0.1, 0.15) is 0 Å². The van der Waals surface area contributed by atoms with Gasteiger partial charge in [0.05, 0.1) is 0 Å². The first-order chi connectivity index (χ1) is 7.81. The highest BCUT2D eigenvalue weighted by Gasteiger charge is 2.17. The number of fused-ring (bicyclic) bond motifs is 1. The van der Waals surface area contributed by atoms with Crippen LogP contribution in [-0.2, 0) is 13.0 Å². The van der Waals surface area contributed by atoms with Crippen LogP contribution >= 0.6 is 0 Å². The molecular formula is C14H21NO. The summed E-state index contributed by atoms with van der Waals surface area (Å²) < 4.78 is 2.21. The second-order valence-corrected chi connectivity index (χ2v) is 4.77. The van der Waals surface area contributed by atoms with Crippen molar-refractivity contribution in [1.82, 2.24) is 4.57 Å². The molecule has 0 amide bonds. The van der Waals surface area contributed by atoms with E-state index in [2.05, 4.69) is 23.9 Å². The second kappa shape index (κ2) is 5.33. The average Bonchev–Trinajstić information content (AvgIpc) is 2.61. The Balaban J connectivity index is 2.07. The Morgan fingerprint density at radius 3 is 2.81 bits per heavy atom. The van der Waals surface area contributed by atoms with Crippen molar-refractivity contribution in [3.63, 3.8) is 0 Å². The van der Waals surface area contributed by atoms with Crippen LogP contribution in [0.15, 0.2) is 12.4 Å². The lowest BCUT2D eigenvalue weighted by Gasteiger charge is -2.01. The quantitative estimate of drug-likeness (QED) is 0.560. The number of aromatic nitrogens is 1. The Kier molecular flexibility index (Phi) is 3.81. The first-order valence-electron chi connectivity index (χ1n) is 6.53. The summed E-state index contributed by atoms with van der Waals surface area (Å²) in [4.78, 5) is 11.8. The monoisotopic (exact) mass is 219 g/mol. The minimum Gasteiger partial charge on any atom is -0.353 e. The third-order valence-electron chi connectivity index (χ3n) is 3.38. The molecule has 1 aliphatic carbocycles. The summed E-state index contributed by atoms with van der Waals surface area (Å²) in [5.41, 5.74) is 2.27. The van der Waals surface area contributed by atoms with Gasteiger partial charge in [-0.15, -0.1) is 0 Å². The van der Waals surface area contributed by atoms with Gasteiger partial charge in [-0.05, 0) is 31.2 Å². The van der Waals surface area contributed by atoms with Crippen molar-refractivity contribution in [3.8, 4) is 0 Å². The average molecular weight is 219 g/mol. The fraction of sp³-hybridized carbons (Fsp3) is 0.643. The molecule has 88 valence electrons. The van der Waals surface area contributed by atoms with Crippen LogP contribution in [-0.4, -0.2) is 10.4 Å². The van der Waals surface area contributed by atoms with Crippen molar-refractivity contribution in [1.29, 1.82) is 0 Å². The van der Waals surface area contributed by atoms with Gasteiger partial charge < -0.3 is 4.57 Å². The first-order valence-corrected chi connectivity index (χ1v) is 6.53. The minimum absolute atomic E-state index is 0.349. The van der Waals surface area contributed by atoms with Gasteiger partial charge in [-0.25, -0.2) is 0 Å². The van der Waals surface area contributed by atoms with Gasteiger partial charge in [-0.2, -0.15) is 0 Å². The van der Waals surface area contributed by atoms with E-state index in [1.165, 1.54) is 24.8 Å². The van der Waals surface area contributed by atoms with Gasteiger partial charge in [0.15, 0.2) is 5.78 Å². The molecule has 0 saturated carbocycles. The molecule has 16 heavy (non-hydrogen) atoms. The number of hydrogen-bond acceptors (Lipinski definition) is 1. The van der Waals surface area contributed by atoms with Crippen molar-refractivity contribution in [2.75, 3.05) is 0 Å². The lowest BCUT2D eigenvalue weighted by molar-refractivity contribution is 0.0982. The molecule has 0 fully saturated rings. The van der Waals surface area contributed by atoms with E-state index in [1.807, 2.05) is 0 Å². The van der Waals surface area contributed by atoms with Crippen molar-refractivity contribution in [3.05, 3.63) is 23.5 Å². The molecule has 0 aliphatic heterocycles. The normalized spacial score (nSPS) is 15.9. The smallest absolute Gasteiger partial charge is 0.164 e. The number of Topliss-reactive ketones (excluding diaryl/α,β-unsaturated/α-hetero) is 1. The van der Waals surface area contributed by atoms with E-state index in [1.54, 1.807) is 0 Å². The number of nitrogens with zero attached hydrogens (tertiary/aromatic N) is 1. The number of ketones is 1. The van der Waals surface area contributed by atoms with Crippen LogP contribution in [0.25, 0.3) is 0 Å². The van der Waals surface area contributed by atoms with Crippen molar-refractivity contribution in [2.45, 2.75) is 58.4 Å². The van der Waals surface area contributed by atoms with Crippen LogP contribution in [0.3, 0.4) is 0 Å². The molecule has 0 atom stereocenters. The summed E-state index contributed by atoms with van der Waals surface area (Å²) in [6, 6.07) is 0. The number of unbranched alkanes of at least 4 members (excludes halogenated alkanes) is 2. The van der Waals surface area contributed by atoms with Gasteiger partial charge in [-0.1, -0.05) is 19.8 Å². The largest absolute Gasteiger partial charge is 0.353 e. The van der Waals surface area contributed by atoms with Crippen molar-refractivity contribution in [2.24, 2.45) is 0 Å². The Labute approximate surface area is 97.7 Å². The minimum atomic E-state index is 0.349. The number of aryl methyl sites for hydroxylation is 2. The summed E-state index contributed by atoms with van der Waals surface area (Å²) in [6.45, 7) is 3.28. The lowest BCUT2D eigenvalue weighted by Crippen LogP contribution is -1.98. The van der Waals surface area contributed by atoms with Gasteiger partial charge in [0.25, 0.3) is 0 Å². The summed E-state index contributed by atoms with van der Waals surface area (Å²) >= 11 is 0. The number of carbonyl (C=O) groups excluding carboxylic acids is 1. The highest BCUT2D eigenvalue weighted by molar-refractivity contribution is 5.97. The molecule has 1 aromatic heterocycles. The maximum atomic E-state index is 11.8. The van der Waals surface area contributed by atoms with E-state index in [0.717, 1.165) is 37.8 Å². The van der Waals surface area contributed by atoms with E-state index in [9.17, 15) is 4.79 Å². The lowest BCUT2D eigenvalue weighted by atomic mass is 10.1. The molecule has 1 aliphatic rings. The van der Waals surface area contributed by atoms with Gasteiger partial charge in [-0.3, -0.25) is 4.79 Å². The van der Waals surface area contributed by atoms with E-state index >= 15 is 0 Å². The fourth-order valence-electron chi connectivity index (χ4n) is 2.42. The highest BCUT2D eigenvalue weighted by atomic mass is 16.1. The summed E-state index contributed by atoms with van der Waals surface area (Å²) in [7, 11) is 0. The molecule has 0 aromatic carbocycles. The van der Waals surface area contributed by atoms with Gasteiger partial charge in [0, 0.05) is 30.9 Å². The summed E-state index contributed by atoms with van der Waals surface area (Å²) in [5, 5.41) is 0. The number of carbonyl (C=O) groups is 1. The molecular weight excluding hydrogens is 198 g/mol. The topological polar surface area (TPSA) is 22.0 Å². The predicted molar refractivity (Wildman–Crippen MR) is 65.8 cm³/mol. The van der Waals surface area contributed by atoms with Crippen LogP contribution in [0.2, 0.25) is 0 Å². The Hall–Kier alpha value is -1.05. The Bertz CT molecular complexity index is 365. The SMILES string of the molecule is CCCCCn1cc2c(c1)C(=O)CCCC2. The molecule has 0 radical (unpaired) electrons. The molecule has 2 rings (SSSR count). The van der Waals surface area contributed by atoms with Crippen LogP contribution in [0.5, 0.6) is 0 Å². The highest BCUT2D eigenvalue weighted by Crippen LogP contribution is 2.21. The molecule has 0 saturated heterocycles.